The van der Waals surface area contributed by atoms with Crippen LogP contribution in [0.25, 0.3) is 0 Å². The third-order valence-electron chi connectivity index (χ3n) is 3.06. The van der Waals surface area contributed by atoms with Crippen molar-refractivity contribution in [2.75, 3.05) is 11.1 Å². The minimum Gasteiger partial charge on any atom is -0.395 e. The minimum absolute atomic E-state index is 0.402. The standard InChI is InChI=1S/C15H16N4/c1-2-11-5-3-4-6-13(11)10-19-15-14(17)12(9-16)7-8-18-15/h3-8H,2,10,17H2,1H3,(H,18,19). The van der Waals surface area contributed by atoms with Crippen LogP contribution in [0, 0.1) is 11.3 Å². The second-order valence-corrected chi connectivity index (χ2v) is 4.21. The number of hydrogen-bond donors (Lipinski definition) is 2. The molecule has 0 spiro atoms. The van der Waals surface area contributed by atoms with Crippen LogP contribution < -0.4 is 11.1 Å². The van der Waals surface area contributed by atoms with Crippen LogP contribution in [0.3, 0.4) is 0 Å². The molecule has 1 aromatic carbocycles. The van der Waals surface area contributed by atoms with Crippen molar-refractivity contribution in [2.45, 2.75) is 19.9 Å². The van der Waals surface area contributed by atoms with Crippen molar-refractivity contribution in [2.24, 2.45) is 0 Å². The quantitative estimate of drug-likeness (QED) is 0.877. The Morgan fingerprint density at radius 2 is 2.00 bits per heavy atom. The first-order valence-corrected chi connectivity index (χ1v) is 6.21. The summed E-state index contributed by atoms with van der Waals surface area (Å²) in [5.74, 6) is 0.560. The van der Waals surface area contributed by atoms with Crippen LogP contribution in [-0.4, -0.2) is 4.98 Å². The van der Waals surface area contributed by atoms with Gasteiger partial charge < -0.3 is 11.1 Å². The lowest BCUT2D eigenvalue weighted by Crippen LogP contribution is -2.07. The van der Waals surface area contributed by atoms with E-state index in [9.17, 15) is 0 Å². The summed E-state index contributed by atoms with van der Waals surface area (Å²) >= 11 is 0. The largest absolute Gasteiger partial charge is 0.395 e. The SMILES string of the molecule is CCc1ccccc1CNc1nccc(C#N)c1N. The normalized spacial score (nSPS) is 9.89. The van der Waals surface area contributed by atoms with Gasteiger partial charge in [-0.25, -0.2) is 4.98 Å². The van der Waals surface area contributed by atoms with Crippen LogP contribution in [0.4, 0.5) is 11.5 Å². The van der Waals surface area contributed by atoms with E-state index in [4.69, 9.17) is 11.0 Å². The first kappa shape index (κ1) is 12.9. The maximum Gasteiger partial charge on any atom is 0.150 e. The Labute approximate surface area is 112 Å². The molecule has 4 heteroatoms. The van der Waals surface area contributed by atoms with Gasteiger partial charge in [0.15, 0.2) is 5.82 Å². The fourth-order valence-corrected chi connectivity index (χ4v) is 1.97. The van der Waals surface area contributed by atoms with Crippen LogP contribution in [0.15, 0.2) is 36.5 Å². The molecule has 0 aliphatic carbocycles. The molecule has 0 fully saturated rings. The molecule has 1 aromatic heterocycles. The van der Waals surface area contributed by atoms with Gasteiger partial charge >= 0.3 is 0 Å². The molecule has 1 heterocycles. The molecule has 2 aromatic rings. The highest BCUT2D eigenvalue weighted by atomic mass is 15.0. The summed E-state index contributed by atoms with van der Waals surface area (Å²) in [5, 5.41) is 12.1. The number of pyridine rings is 1. The lowest BCUT2D eigenvalue weighted by atomic mass is 10.1. The Balaban J connectivity index is 2.17. The van der Waals surface area contributed by atoms with Crippen molar-refractivity contribution >= 4 is 11.5 Å². The van der Waals surface area contributed by atoms with Crippen molar-refractivity contribution in [1.82, 2.24) is 4.98 Å². The average molecular weight is 252 g/mol. The Kier molecular flexibility index (Phi) is 3.99. The monoisotopic (exact) mass is 252 g/mol. The highest BCUT2D eigenvalue weighted by Crippen LogP contribution is 2.20. The van der Waals surface area contributed by atoms with Crippen LogP contribution in [-0.2, 0) is 13.0 Å². The Morgan fingerprint density at radius 3 is 2.68 bits per heavy atom. The first-order valence-electron chi connectivity index (χ1n) is 6.21. The zero-order chi connectivity index (χ0) is 13.7. The summed E-state index contributed by atoms with van der Waals surface area (Å²) in [6.45, 7) is 2.78. The molecule has 0 aliphatic rings. The van der Waals surface area contributed by atoms with E-state index in [1.807, 2.05) is 12.1 Å². The number of nitriles is 1. The molecule has 2 rings (SSSR count). The molecule has 0 unspecified atom stereocenters. The molecular weight excluding hydrogens is 236 g/mol. The number of nitrogens with two attached hydrogens (primary N) is 1. The second-order valence-electron chi connectivity index (χ2n) is 4.21. The number of nitrogens with one attached hydrogen (secondary N) is 1. The summed E-state index contributed by atoms with van der Waals surface area (Å²) in [6, 6.07) is 11.9. The molecule has 0 atom stereocenters. The molecular formula is C15H16N4. The Hall–Kier alpha value is -2.54. The maximum absolute atomic E-state index is 8.92. The molecule has 0 aliphatic heterocycles. The topological polar surface area (TPSA) is 74.7 Å². The van der Waals surface area contributed by atoms with Gasteiger partial charge in [0.05, 0.1) is 11.3 Å². The van der Waals surface area contributed by atoms with Gasteiger partial charge in [0, 0.05) is 12.7 Å². The third kappa shape index (κ3) is 2.83. The summed E-state index contributed by atoms with van der Waals surface area (Å²) in [5.41, 5.74) is 9.24. The summed E-state index contributed by atoms with van der Waals surface area (Å²) in [4.78, 5) is 4.17. The fourth-order valence-electron chi connectivity index (χ4n) is 1.97. The van der Waals surface area contributed by atoms with Gasteiger partial charge in [-0.05, 0) is 23.6 Å². The van der Waals surface area contributed by atoms with Gasteiger partial charge in [-0.2, -0.15) is 5.26 Å². The molecule has 96 valence electrons. The average Bonchev–Trinajstić information content (AvgIpc) is 2.46. The van der Waals surface area contributed by atoms with Gasteiger partial charge in [0.2, 0.25) is 0 Å². The fraction of sp³-hybridized carbons (Fsp3) is 0.200. The van der Waals surface area contributed by atoms with Gasteiger partial charge in [-0.1, -0.05) is 31.2 Å². The summed E-state index contributed by atoms with van der Waals surface area (Å²) in [6.07, 6.45) is 2.57. The molecule has 4 nitrogen and oxygen atoms in total. The van der Waals surface area contributed by atoms with Gasteiger partial charge in [0.25, 0.3) is 0 Å². The third-order valence-corrected chi connectivity index (χ3v) is 3.06. The highest BCUT2D eigenvalue weighted by Gasteiger charge is 2.06. The molecule has 0 amide bonds. The Morgan fingerprint density at radius 1 is 1.26 bits per heavy atom. The van der Waals surface area contributed by atoms with E-state index in [-0.39, 0.29) is 0 Å². The van der Waals surface area contributed by atoms with Crippen molar-refractivity contribution in [3.05, 3.63) is 53.2 Å². The van der Waals surface area contributed by atoms with Crippen LogP contribution >= 0.6 is 0 Å². The number of nitrogens with zero attached hydrogens (tertiary/aromatic N) is 2. The lowest BCUT2D eigenvalue weighted by Gasteiger charge is -2.11. The molecule has 0 bridgehead atoms. The number of hydrogen-bond acceptors (Lipinski definition) is 4. The van der Waals surface area contributed by atoms with Crippen molar-refractivity contribution in [3.63, 3.8) is 0 Å². The van der Waals surface area contributed by atoms with E-state index in [1.165, 1.54) is 11.1 Å². The number of aromatic nitrogens is 1. The second kappa shape index (κ2) is 5.87. The molecule has 0 radical (unpaired) electrons. The molecule has 3 N–H and O–H groups in total. The number of aryl methyl sites for hydroxylation is 1. The van der Waals surface area contributed by atoms with E-state index >= 15 is 0 Å². The van der Waals surface area contributed by atoms with Gasteiger partial charge in [0.1, 0.15) is 6.07 Å². The molecule has 0 saturated carbocycles. The van der Waals surface area contributed by atoms with E-state index < -0.39 is 0 Å². The number of nitrogen functional groups attached to an aromatic ring is 1. The van der Waals surface area contributed by atoms with Gasteiger partial charge in [-0.3, -0.25) is 0 Å². The zero-order valence-corrected chi connectivity index (χ0v) is 10.9. The van der Waals surface area contributed by atoms with Crippen molar-refractivity contribution in [3.8, 4) is 6.07 Å². The van der Waals surface area contributed by atoms with Crippen LogP contribution in [0.5, 0.6) is 0 Å². The lowest BCUT2D eigenvalue weighted by molar-refractivity contribution is 1.03. The predicted molar refractivity (Wildman–Crippen MR) is 76.5 cm³/mol. The summed E-state index contributed by atoms with van der Waals surface area (Å²) in [7, 11) is 0. The zero-order valence-electron chi connectivity index (χ0n) is 10.9. The maximum atomic E-state index is 8.92. The van der Waals surface area contributed by atoms with Gasteiger partial charge in [-0.15, -0.1) is 0 Å². The molecule has 19 heavy (non-hydrogen) atoms. The van der Waals surface area contributed by atoms with Crippen molar-refractivity contribution < 1.29 is 0 Å². The van der Waals surface area contributed by atoms with Crippen LogP contribution in [0.2, 0.25) is 0 Å². The smallest absolute Gasteiger partial charge is 0.150 e. The molecule has 0 saturated heterocycles. The predicted octanol–water partition coefficient (Wildman–Crippen LogP) is 2.71. The first-order chi connectivity index (χ1) is 9.26. The number of anilines is 2. The number of rotatable bonds is 4. The minimum atomic E-state index is 0.402. The van der Waals surface area contributed by atoms with E-state index in [2.05, 4.69) is 35.4 Å². The summed E-state index contributed by atoms with van der Waals surface area (Å²) < 4.78 is 0. The number of benzene rings is 1. The van der Waals surface area contributed by atoms with E-state index in [1.54, 1.807) is 12.3 Å². The van der Waals surface area contributed by atoms with Crippen LogP contribution in [0.1, 0.15) is 23.6 Å². The van der Waals surface area contributed by atoms with E-state index in [0.29, 0.717) is 23.6 Å². The van der Waals surface area contributed by atoms with E-state index in [0.717, 1.165) is 6.42 Å². The highest BCUT2D eigenvalue weighted by molar-refractivity contribution is 5.68. The van der Waals surface area contributed by atoms with Crippen molar-refractivity contribution in [1.29, 1.82) is 5.26 Å². The Bertz CT molecular complexity index is 614.